The van der Waals surface area contributed by atoms with Crippen molar-refractivity contribution in [2.75, 3.05) is 10.6 Å². The molecule has 0 heterocycles. The van der Waals surface area contributed by atoms with Crippen LogP contribution < -0.4 is 16.0 Å². The average molecular weight is 413 g/mol. The highest BCUT2D eigenvalue weighted by Gasteiger charge is 2.33. The van der Waals surface area contributed by atoms with E-state index in [-0.39, 0.29) is 17.3 Å². The maximum Gasteiger partial charge on any atom is 0.418 e. The number of benzene rings is 3. The number of carbonyl (C=O) groups is 2. The predicted octanol–water partition coefficient (Wildman–Crippen LogP) is 5.28. The predicted molar refractivity (Wildman–Crippen MR) is 108 cm³/mol. The number of hydrogen-bond acceptors (Lipinski definition) is 2. The van der Waals surface area contributed by atoms with Gasteiger partial charge in [-0.1, -0.05) is 48.5 Å². The van der Waals surface area contributed by atoms with Crippen LogP contribution in [-0.4, -0.2) is 11.9 Å². The first-order valence-electron chi connectivity index (χ1n) is 8.99. The summed E-state index contributed by atoms with van der Waals surface area (Å²) in [5.74, 6) is -0.342. The lowest BCUT2D eigenvalue weighted by atomic mass is 10.1. The molecule has 3 amide bonds. The van der Waals surface area contributed by atoms with E-state index in [1.807, 2.05) is 30.3 Å². The van der Waals surface area contributed by atoms with Crippen LogP contribution in [0, 0.1) is 0 Å². The molecule has 3 rings (SSSR count). The molecule has 0 fully saturated rings. The Morgan fingerprint density at radius 2 is 1.50 bits per heavy atom. The van der Waals surface area contributed by atoms with E-state index >= 15 is 0 Å². The molecule has 154 valence electrons. The SMILES string of the molecule is O=C(Nc1cccc(C(=O)NCc2ccccc2)c1)Nc1ccccc1C(F)(F)F. The van der Waals surface area contributed by atoms with E-state index in [2.05, 4.69) is 16.0 Å². The maximum atomic E-state index is 13.0. The summed E-state index contributed by atoms with van der Waals surface area (Å²) >= 11 is 0. The second-order valence-corrected chi connectivity index (χ2v) is 6.37. The molecular formula is C22H18F3N3O2. The molecule has 0 radical (unpaired) electrons. The summed E-state index contributed by atoms with van der Waals surface area (Å²) in [7, 11) is 0. The summed E-state index contributed by atoms with van der Waals surface area (Å²) in [6, 6.07) is 19.3. The first-order chi connectivity index (χ1) is 14.3. The van der Waals surface area contributed by atoms with Gasteiger partial charge in [-0.2, -0.15) is 13.2 Å². The van der Waals surface area contributed by atoms with Crippen LogP contribution in [0.5, 0.6) is 0 Å². The van der Waals surface area contributed by atoms with Crippen LogP contribution in [0.1, 0.15) is 21.5 Å². The summed E-state index contributed by atoms with van der Waals surface area (Å²) in [6.07, 6.45) is -4.60. The first-order valence-corrected chi connectivity index (χ1v) is 8.99. The van der Waals surface area contributed by atoms with Gasteiger partial charge in [0.05, 0.1) is 11.3 Å². The summed E-state index contributed by atoms with van der Waals surface area (Å²) in [5.41, 5.74) is 0.195. The van der Waals surface area contributed by atoms with E-state index in [0.717, 1.165) is 17.7 Å². The third kappa shape index (κ3) is 5.60. The van der Waals surface area contributed by atoms with Gasteiger partial charge in [0.1, 0.15) is 0 Å². The normalized spacial score (nSPS) is 10.9. The molecule has 30 heavy (non-hydrogen) atoms. The van der Waals surface area contributed by atoms with E-state index in [0.29, 0.717) is 12.1 Å². The molecule has 3 aromatic carbocycles. The number of hydrogen-bond donors (Lipinski definition) is 3. The number of alkyl halides is 3. The Hall–Kier alpha value is -3.81. The van der Waals surface area contributed by atoms with Crippen LogP contribution in [0.4, 0.5) is 29.3 Å². The van der Waals surface area contributed by atoms with Gasteiger partial charge < -0.3 is 16.0 Å². The van der Waals surface area contributed by atoms with Crippen LogP contribution in [0.25, 0.3) is 0 Å². The second-order valence-electron chi connectivity index (χ2n) is 6.37. The van der Waals surface area contributed by atoms with Gasteiger partial charge in [-0.3, -0.25) is 4.79 Å². The van der Waals surface area contributed by atoms with Gasteiger partial charge in [-0.25, -0.2) is 4.79 Å². The number of para-hydroxylation sites is 1. The molecule has 5 nitrogen and oxygen atoms in total. The Morgan fingerprint density at radius 3 is 2.23 bits per heavy atom. The zero-order valence-electron chi connectivity index (χ0n) is 15.7. The molecule has 8 heteroatoms. The summed E-state index contributed by atoms with van der Waals surface area (Å²) in [6.45, 7) is 0.339. The standard InChI is InChI=1S/C22H18F3N3O2/c23-22(24,25)18-11-4-5-12-19(18)28-21(30)27-17-10-6-9-16(13-17)20(29)26-14-15-7-2-1-3-8-15/h1-13H,14H2,(H,26,29)(H2,27,28,30). The Morgan fingerprint density at radius 1 is 0.800 bits per heavy atom. The lowest BCUT2D eigenvalue weighted by Crippen LogP contribution is -2.24. The topological polar surface area (TPSA) is 70.2 Å². The molecule has 0 aromatic heterocycles. The smallest absolute Gasteiger partial charge is 0.348 e. The quantitative estimate of drug-likeness (QED) is 0.533. The highest BCUT2D eigenvalue weighted by molar-refractivity contribution is 6.01. The minimum absolute atomic E-state index is 0.268. The van der Waals surface area contributed by atoms with E-state index in [1.54, 1.807) is 12.1 Å². The molecule has 0 aliphatic carbocycles. The van der Waals surface area contributed by atoms with Gasteiger partial charge >= 0.3 is 12.2 Å². The van der Waals surface area contributed by atoms with Crippen molar-refractivity contribution in [3.63, 3.8) is 0 Å². The molecule has 0 bridgehead atoms. The van der Waals surface area contributed by atoms with E-state index in [1.165, 1.54) is 24.3 Å². The number of urea groups is 1. The van der Waals surface area contributed by atoms with Crippen molar-refractivity contribution in [1.82, 2.24) is 5.32 Å². The lowest BCUT2D eigenvalue weighted by molar-refractivity contribution is -0.136. The Bertz CT molecular complexity index is 1040. The van der Waals surface area contributed by atoms with Crippen molar-refractivity contribution >= 4 is 23.3 Å². The fourth-order valence-electron chi connectivity index (χ4n) is 2.74. The first kappa shape index (κ1) is 20.9. The number of nitrogens with one attached hydrogen (secondary N) is 3. The molecule has 0 saturated heterocycles. The van der Waals surface area contributed by atoms with E-state index < -0.39 is 17.8 Å². The fraction of sp³-hybridized carbons (Fsp3) is 0.0909. The lowest BCUT2D eigenvalue weighted by Gasteiger charge is -2.14. The fourth-order valence-corrected chi connectivity index (χ4v) is 2.74. The third-order valence-electron chi connectivity index (χ3n) is 4.16. The van der Waals surface area contributed by atoms with Gasteiger partial charge in [0.25, 0.3) is 5.91 Å². The molecule has 0 aliphatic rings. The largest absolute Gasteiger partial charge is 0.418 e. The molecule has 0 aliphatic heterocycles. The van der Waals surface area contributed by atoms with Crippen LogP contribution in [-0.2, 0) is 12.7 Å². The van der Waals surface area contributed by atoms with Gasteiger partial charge in [-0.05, 0) is 35.9 Å². The maximum absolute atomic E-state index is 13.0. The van der Waals surface area contributed by atoms with Crippen molar-refractivity contribution in [2.45, 2.75) is 12.7 Å². The van der Waals surface area contributed by atoms with Gasteiger partial charge in [0.2, 0.25) is 0 Å². The summed E-state index contributed by atoms with van der Waals surface area (Å²) < 4.78 is 39.1. The van der Waals surface area contributed by atoms with Crippen LogP contribution in [0.3, 0.4) is 0 Å². The van der Waals surface area contributed by atoms with Crippen molar-refractivity contribution in [1.29, 1.82) is 0 Å². The van der Waals surface area contributed by atoms with Gasteiger partial charge in [0.15, 0.2) is 0 Å². The summed E-state index contributed by atoms with van der Waals surface area (Å²) in [4.78, 5) is 24.5. The molecule has 0 spiro atoms. The van der Waals surface area contributed by atoms with Crippen LogP contribution in [0.2, 0.25) is 0 Å². The van der Waals surface area contributed by atoms with E-state index in [4.69, 9.17) is 0 Å². The molecule has 0 saturated carbocycles. The monoisotopic (exact) mass is 413 g/mol. The Balaban J connectivity index is 1.64. The summed E-state index contributed by atoms with van der Waals surface area (Å²) in [5, 5.41) is 7.40. The van der Waals surface area contributed by atoms with Crippen molar-refractivity contribution in [3.8, 4) is 0 Å². The average Bonchev–Trinajstić information content (AvgIpc) is 2.72. The van der Waals surface area contributed by atoms with Crippen molar-refractivity contribution in [2.24, 2.45) is 0 Å². The Kier molecular flexibility index (Phi) is 6.36. The minimum atomic E-state index is -4.60. The zero-order valence-corrected chi connectivity index (χ0v) is 15.7. The molecule has 3 aromatic rings. The number of halogens is 3. The van der Waals surface area contributed by atoms with Crippen LogP contribution >= 0.6 is 0 Å². The van der Waals surface area contributed by atoms with Crippen LogP contribution in [0.15, 0.2) is 78.9 Å². The Labute approximate surface area is 170 Å². The highest BCUT2D eigenvalue weighted by Crippen LogP contribution is 2.34. The minimum Gasteiger partial charge on any atom is -0.348 e. The zero-order chi connectivity index (χ0) is 21.6. The number of anilines is 2. The molecule has 0 unspecified atom stereocenters. The second kappa shape index (κ2) is 9.13. The van der Waals surface area contributed by atoms with Crippen molar-refractivity contribution < 1.29 is 22.8 Å². The van der Waals surface area contributed by atoms with Crippen molar-refractivity contribution in [3.05, 3.63) is 95.6 Å². The van der Waals surface area contributed by atoms with E-state index in [9.17, 15) is 22.8 Å². The molecular weight excluding hydrogens is 395 g/mol. The molecule has 3 N–H and O–H groups in total. The van der Waals surface area contributed by atoms with Gasteiger partial charge in [0, 0.05) is 17.8 Å². The number of amides is 3. The van der Waals surface area contributed by atoms with Gasteiger partial charge in [-0.15, -0.1) is 0 Å². The third-order valence-corrected chi connectivity index (χ3v) is 4.16. The number of rotatable bonds is 5. The number of carbonyl (C=O) groups excluding carboxylic acids is 2. The highest BCUT2D eigenvalue weighted by atomic mass is 19.4. The molecule has 0 atom stereocenters.